The molecule has 0 spiro atoms. The number of carbonyl (C=O) groups excluding carboxylic acids is 2. The number of hydrogen-bond donors (Lipinski definition) is 3. The molecule has 0 fully saturated rings. The third kappa shape index (κ3) is 6.23. The van der Waals surface area contributed by atoms with Crippen molar-refractivity contribution >= 4 is 52.0 Å². The van der Waals surface area contributed by atoms with Gasteiger partial charge in [0.25, 0.3) is 0 Å². The van der Waals surface area contributed by atoms with Crippen LogP contribution in [0.4, 0.5) is 11.4 Å². The van der Waals surface area contributed by atoms with E-state index in [0.29, 0.717) is 17.3 Å². The Morgan fingerprint density at radius 1 is 0.853 bits per heavy atom. The van der Waals surface area contributed by atoms with E-state index in [0.717, 1.165) is 21.6 Å². The predicted octanol–water partition coefficient (Wildman–Crippen LogP) is 5.03. The fraction of sp³-hybridized carbons (Fsp3) is 0.120. The van der Waals surface area contributed by atoms with Crippen molar-refractivity contribution in [3.8, 4) is 11.5 Å². The van der Waals surface area contributed by atoms with Crippen molar-refractivity contribution in [2.75, 3.05) is 16.4 Å². The minimum Gasteiger partial charge on any atom is -0.481 e. The van der Waals surface area contributed by atoms with Gasteiger partial charge in [0, 0.05) is 28.3 Å². The molecular formula is C25H21N3O5S. The highest BCUT2D eigenvalue weighted by Crippen LogP contribution is 2.26. The van der Waals surface area contributed by atoms with Gasteiger partial charge in [0.1, 0.15) is 5.52 Å². The first kappa shape index (κ1) is 23.1. The van der Waals surface area contributed by atoms with Gasteiger partial charge in [-0.3, -0.25) is 14.4 Å². The zero-order chi connectivity index (χ0) is 23.9. The summed E-state index contributed by atoms with van der Waals surface area (Å²) in [6.07, 6.45) is -0.323. The van der Waals surface area contributed by atoms with E-state index in [9.17, 15) is 14.4 Å². The molecule has 1 aromatic heterocycles. The fourth-order valence-corrected chi connectivity index (χ4v) is 3.90. The lowest BCUT2D eigenvalue weighted by molar-refractivity contribution is -0.138. The van der Waals surface area contributed by atoms with Crippen LogP contribution < -0.4 is 10.6 Å². The number of rotatable bonds is 9. The second-order valence-corrected chi connectivity index (χ2v) is 8.42. The molecule has 0 aliphatic rings. The first-order valence-corrected chi connectivity index (χ1v) is 11.5. The molecule has 4 rings (SSSR count). The number of para-hydroxylation sites is 2. The van der Waals surface area contributed by atoms with E-state index < -0.39 is 5.97 Å². The van der Waals surface area contributed by atoms with Crippen LogP contribution in [-0.4, -0.2) is 33.6 Å². The summed E-state index contributed by atoms with van der Waals surface area (Å²) in [7, 11) is 0. The van der Waals surface area contributed by atoms with Crippen LogP contribution in [-0.2, 0) is 14.4 Å². The Hall–Kier alpha value is -4.11. The van der Waals surface area contributed by atoms with E-state index in [1.165, 1.54) is 11.8 Å². The maximum Gasteiger partial charge on any atom is 0.303 e. The molecule has 3 aromatic carbocycles. The van der Waals surface area contributed by atoms with Gasteiger partial charge in [0.15, 0.2) is 5.58 Å². The van der Waals surface area contributed by atoms with Gasteiger partial charge >= 0.3 is 5.97 Å². The van der Waals surface area contributed by atoms with Gasteiger partial charge in [-0.05, 0) is 54.6 Å². The van der Waals surface area contributed by atoms with Crippen molar-refractivity contribution in [2.45, 2.75) is 17.7 Å². The molecule has 0 saturated carbocycles. The maximum absolute atomic E-state index is 12.4. The van der Waals surface area contributed by atoms with Gasteiger partial charge in [-0.15, -0.1) is 11.8 Å². The number of carbonyl (C=O) groups is 3. The minimum atomic E-state index is -1.02. The van der Waals surface area contributed by atoms with Gasteiger partial charge in [-0.2, -0.15) is 0 Å². The number of benzene rings is 3. The number of hydrogen-bond acceptors (Lipinski definition) is 6. The summed E-state index contributed by atoms with van der Waals surface area (Å²) in [5.41, 5.74) is 3.53. The summed E-state index contributed by atoms with van der Waals surface area (Å²) in [5.74, 6) is -0.863. The number of thioether (sulfide) groups is 1. The van der Waals surface area contributed by atoms with Crippen molar-refractivity contribution < 1.29 is 23.9 Å². The van der Waals surface area contributed by atoms with E-state index in [-0.39, 0.29) is 30.4 Å². The zero-order valence-corrected chi connectivity index (χ0v) is 18.8. The van der Waals surface area contributed by atoms with E-state index in [1.54, 1.807) is 30.3 Å². The van der Waals surface area contributed by atoms with Crippen molar-refractivity contribution in [3.63, 3.8) is 0 Å². The number of nitrogens with one attached hydrogen (secondary N) is 2. The molecule has 8 nitrogen and oxygen atoms in total. The number of anilines is 2. The minimum absolute atomic E-state index is 0.0969. The summed E-state index contributed by atoms with van der Waals surface area (Å²) in [5, 5.41) is 14.2. The molecule has 2 amide bonds. The molecule has 0 bridgehead atoms. The number of carboxylic acids is 1. The number of aromatic nitrogens is 1. The van der Waals surface area contributed by atoms with Crippen LogP contribution >= 0.6 is 11.8 Å². The molecule has 34 heavy (non-hydrogen) atoms. The molecule has 4 aromatic rings. The average molecular weight is 476 g/mol. The molecule has 0 aliphatic carbocycles. The summed E-state index contributed by atoms with van der Waals surface area (Å²) in [6, 6.07) is 21.8. The second-order valence-electron chi connectivity index (χ2n) is 7.37. The maximum atomic E-state index is 12.4. The molecule has 1 heterocycles. The first-order chi connectivity index (χ1) is 16.5. The van der Waals surface area contributed by atoms with Crippen LogP contribution in [0.25, 0.3) is 22.6 Å². The summed E-state index contributed by atoms with van der Waals surface area (Å²) >= 11 is 1.33. The standard InChI is InChI=1S/C25H21N3O5S/c29-22(12-13-24(31)32)27-18-4-3-5-19(14-18)34-15-23(30)26-17-10-8-16(9-11-17)25-28-20-6-1-2-7-21(20)33-25/h1-11,14H,12-13,15H2,(H,26,30)(H,27,29)(H,31,32). The van der Waals surface area contributed by atoms with Crippen molar-refractivity contribution in [1.82, 2.24) is 4.98 Å². The SMILES string of the molecule is O=C(O)CCC(=O)Nc1cccc(SCC(=O)Nc2ccc(-c3nc4ccccc4o3)cc2)c1. The first-order valence-electron chi connectivity index (χ1n) is 10.5. The van der Waals surface area contributed by atoms with Crippen molar-refractivity contribution in [2.24, 2.45) is 0 Å². The predicted molar refractivity (Wildman–Crippen MR) is 131 cm³/mol. The topological polar surface area (TPSA) is 122 Å². The summed E-state index contributed by atoms with van der Waals surface area (Å²) < 4.78 is 5.77. The van der Waals surface area contributed by atoms with E-state index >= 15 is 0 Å². The van der Waals surface area contributed by atoms with Crippen LogP contribution in [0.2, 0.25) is 0 Å². The van der Waals surface area contributed by atoms with Gasteiger partial charge in [-0.1, -0.05) is 18.2 Å². The van der Waals surface area contributed by atoms with Crippen LogP contribution in [0.1, 0.15) is 12.8 Å². The highest BCUT2D eigenvalue weighted by atomic mass is 32.2. The number of carboxylic acid groups (broad SMARTS) is 1. The van der Waals surface area contributed by atoms with E-state index in [2.05, 4.69) is 15.6 Å². The van der Waals surface area contributed by atoms with Gasteiger partial charge in [-0.25, -0.2) is 4.98 Å². The summed E-state index contributed by atoms with van der Waals surface area (Å²) in [6.45, 7) is 0. The number of aliphatic carboxylic acids is 1. The Balaban J connectivity index is 1.29. The van der Waals surface area contributed by atoms with Crippen LogP contribution in [0, 0.1) is 0 Å². The Kier molecular flexibility index (Phi) is 7.24. The lowest BCUT2D eigenvalue weighted by Gasteiger charge is -2.08. The van der Waals surface area contributed by atoms with Gasteiger partial charge in [0.05, 0.1) is 12.2 Å². The van der Waals surface area contributed by atoms with E-state index in [1.807, 2.05) is 42.5 Å². The number of oxazole rings is 1. The van der Waals surface area contributed by atoms with Crippen LogP contribution in [0.5, 0.6) is 0 Å². The molecule has 9 heteroatoms. The Morgan fingerprint density at radius 3 is 2.38 bits per heavy atom. The lowest BCUT2D eigenvalue weighted by Crippen LogP contribution is -2.14. The van der Waals surface area contributed by atoms with Crippen LogP contribution in [0.3, 0.4) is 0 Å². The van der Waals surface area contributed by atoms with Crippen molar-refractivity contribution in [1.29, 1.82) is 0 Å². The highest BCUT2D eigenvalue weighted by Gasteiger charge is 2.10. The van der Waals surface area contributed by atoms with Gasteiger partial charge in [0.2, 0.25) is 17.7 Å². The molecule has 3 N–H and O–H groups in total. The number of nitrogens with zero attached hydrogens (tertiary/aromatic N) is 1. The smallest absolute Gasteiger partial charge is 0.303 e. The molecule has 0 radical (unpaired) electrons. The zero-order valence-electron chi connectivity index (χ0n) is 18.0. The largest absolute Gasteiger partial charge is 0.481 e. The molecule has 0 aliphatic heterocycles. The molecule has 0 atom stereocenters. The summed E-state index contributed by atoms with van der Waals surface area (Å²) in [4.78, 5) is 40.0. The van der Waals surface area contributed by atoms with Gasteiger partial charge < -0.3 is 20.2 Å². The third-order valence-electron chi connectivity index (χ3n) is 4.76. The highest BCUT2D eigenvalue weighted by molar-refractivity contribution is 8.00. The Morgan fingerprint density at radius 2 is 1.62 bits per heavy atom. The number of amides is 2. The molecule has 0 saturated heterocycles. The number of fused-ring (bicyclic) bond motifs is 1. The second kappa shape index (κ2) is 10.7. The fourth-order valence-electron chi connectivity index (χ4n) is 3.15. The lowest BCUT2D eigenvalue weighted by atomic mass is 10.2. The quantitative estimate of drug-likeness (QED) is 0.290. The van der Waals surface area contributed by atoms with Crippen LogP contribution in [0.15, 0.2) is 82.1 Å². The third-order valence-corrected chi connectivity index (χ3v) is 5.76. The average Bonchev–Trinajstić information content (AvgIpc) is 3.26. The Bertz CT molecular complexity index is 1300. The van der Waals surface area contributed by atoms with E-state index in [4.69, 9.17) is 9.52 Å². The normalized spacial score (nSPS) is 10.7. The molecule has 0 unspecified atom stereocenters. The van der Waals surface area contributed by atoms with Crippen molar-refractivity contribution in [3.05, 3.63) is 72.8 Å². The molecule has 172 valence electrons. The monoisotopic (exact) mass is 475 g/mol. The molecular weight excluding hydrogens is 454 g/mol. The Labute approximate surface area is 199 Å².